The molecule has 0 spiro atoms. The third kappa shape index (κ3) is 3.19. The fourth-order valence-electron chi connectivity index (χ4n) is 6.86. The highest BCUT2D eigenvalue weighted by Gasteiger charge is 2.53. The summed E-state index contributed by atoms with van der Waals surface area (Å²) in [6, 6.07) is 18.2. The van der Waals surface area contributed by atoms with Crippen molar-refractivity contribution >= 4 is 16.7 Å². The molecule has 1 saturated heterocycles. The Bertz CT molecular complexity index is 1140. The SMILES string of the molecule is COc1ccc(CNc2ccc3cc4c(cc3n2)[C@@]23CCCC[C@H]2[C@@H](C4)N(C)CC3)cc1. The Balaban J connectivity index is 1.33. The maximum absolute atomic E-state index is 5.26. The van der Waals surface area contributed by atoms with Crippen molar-refractivity contribution < 1.29 is 4.74 Å². The van der Waals surface area contributed by atoms with E-state index in [0.717, 1.165) is 29.5 Å². The van der Waals surface area contributed by atoms with E-state index < -0.39 is 0 Å². The summed E-state index contributed by atoms with van der Waals surface area (Å²) < 4.78 is 5.26. The number of rotatable bonds is 4. The van der Waals surface area contributed by atoms with Crippen LogP contribution in [0.15, 0.2) is 48.5 Å². The zero-order valence-corrected chi connectivity index (χ0v) is 19.2. The van der Waals surface area contributed by atoms with Gasteiger partial charge < -0.3 is 15.0 Å². The number of piperidine rings is 1. The Morgan fingerprint density at radius 3 is 2.81 bits per heavy atom. The highest BCUT2D eigenvalue weighted by atomic mass is 16.5. The van der Waals surface area contributed by atoms with Crippen LogP contribution in [0, 0.1) is 5.92 Å². The van der Waals surface area contributed by atoms with Gasteiger partial charge >= 0.3 is 0 Å². The van der Waals surface area contributed by atoms with Crippen molar-refractivity contribution in [3.8, 4) is 5.75 Å². The molecule has 2 aromatic carbocycles. The van der Waals surface area contributed by atoms with E-state index in [0.29, 0.717) is 11.5 Å². The van der Waals surface area contributed by atoms with E-state index in [1.165, 1.54) is 56.0 Å². The second kappa shape index (κ2) is 7.77. The van der Waals surface area contributed by atoms with Crippen molar-refractivity contribution in [2.75, 3.05) is 26.0 Å². The number of likely N-dealkylation sites (tertiary alicyclic amines) is 1. The van der Waals surface area contributed by atoms with Crippen LogP contribution in [0.3, 0.4) is 0 Å². The minimum Gasteiger partial charge on any atom is -0.497 e. The Morgan fingerprint density at radius 2 is 1.97 bits per heavy atom. The summed E-state index contributed by atoms with van der Waals surface area (Å²) in [6.45, 7) is 1.99. The molecule has 2 bridgehead atoms. The number of likely N-dealkylation sites (N-methyl/N-ethyl adjacent to an activating group) is 1. The average molecular weight is 428 g/mol. The summed E-state index contributed by atoms with van der Waals surface area (Å²) in [7, 11) is 4.04. The Kier molecular flexibility index (Phi) is 4.87. The number of aromatic nitrogens is 1. The number of ether oxygens (including phenoxy) is 1. The van der Waals surface area contributed by atoms with Crippen LogP contribution in [0.2, 0.25) is 0 Å². The van der Waals surface area contributed by atoms with Gasteiger partial charge in [-0.15, -0.1) is 0 Å². The zero-order valence-electron chi connectivity index (χ0n) is 19.2. The number of methoxy groups -OCH3 is 1. The van der Waals surface area contributed by atoms with E-state index in [4.69, 9.17) is 9.72 Å². The van der Waals surface area contributed by atoms with Gasteiger partial charge in [0, 0.05) is 23.4 Å². The minimum absolute atomic E-state index is 0.380. The molecule has 0 amide bonds. The molecule has 2 heterocycles. The Morgan fingerprint density at radius 1 is 1.09 bits per heavy atom. The van der Waals surface area contributed by atoms with Gasteiger partial charge in [0.25, 0.3) is 0 Å². The van der Waals surface area contributed by atoms with Crippen LogP contribution in [0.5, 0.6) is 5.75 Å². The van der Waals surface area contributed by atoms with Gasteiger partial charge in [0.1, 0.15) is 11.6 Å². The molecule has 4 heteroatoms. The molecule has 1 saturated carbocycles. The van der Waals surface area contributed by atoms with Crippen LogP contribution in [-0.4, -0.2) is 36.6 Å². The van der Waals surface area contributed by atoms with E-state index >= 15 is 0 Å². The van der Waals surface area contributed by atoms with Gasteiger partial charge in [-0.25, -0.2) is 4.98 Å². The first-order chi connectivity index (χ1) is 15.7. The highest BCUT2D eigenvalue weighted by molar-refractivity contribution is 5.82. The quantitative estimate of drug-likeness (QED) is 0.593. The predicted octanol–water partition coefficient (Wildman–Crippen LogP) is 5.54. The lowest BCUT2D eigenvalue weighted by Gasteiger charge is -2.58. The molecular formula is C28H33N3O. The molecule has 2 fully saturated rings. The van der Waals surface area contributed by atoms with Crippen molar-refractivity contribution in [2.24, 2.45) is 5.92 Å². The van der Waals surface area contributed by atoms with E-state index in [1.54, 1.807) is 18.2 Å². The first-order valence-electron chi connectivity index (χ1n) is 12.2. The summed E-state index contributed by atoms with van der Waals surface area (Å²) in [6.07, 6.45) is 8.03. The molecule has 0 unspecified atom stereocenters. The summed E-state index contributed by atoms with van der Waals surface area (Å²) in [4.78, 5) is 7.69. The van der Waals surface area contributed by atoms with Gasteiger partial charge in [-0.3, -0.25) is 0 Å². The molecule has 0 radical (unpaired) electrons. The number of fused-ring (bicyclic) bond motifs is 2. The van der Waals surface area contributed by atoms with E-state index in [1.807, 2.05) is 12.1 Å². The molecule has 3 atom stereocenters. The number of nitrogens with zero attached hydrogens (tertiary/aromatic N) is 2. The van der Waals surface area contributed by atoms with Gasteiger partial charge in [-0.1, -0.05) is 25.0 Å². The number of benzene rings is 2. The Labute approximate surface area is 191 Å². The first kappa shape index (κ1) is 20.0. The van der Waals surface area contributed by atoms with Crippen molar-refractivity contribution in [3.63, 3.8) is 0 Å². The molecule has 3 aliphatic rings. The highest BCUT2D eigenvalue weighted by Crippen LogP contribution is 2.55. The standard InChI is InChI=1S/C28H33N3O/c1-31-14-13-28-12-4-3-5-23(28)26(31)16-21-15-20-8-11-27(30-25(20)17-24(21)28)29-18-19-6-9-22(32-2)10-7-19/h6-11,15,17,23,26H,3-5,12-14,16,18H2,1-2H3,(H,29,30)/t23-,26+,28+/m0/s1. The van der Waals surface area contributed by atoms with Crippen molar-refractivity contribution in [1.29, 1.82) is 0 Å². The largest absolute Gasteiger partial charge is 0.497 e. The van der Waals surface area contributed by atoms with Crippen LogP contribution >= 0.6 is 0 Å². The van der Waals surface area contributed by atoms with Crippen LogP contribution in [0.1, 0.15) is 48.8 Å². The number of pyridine rings is 1. The monoisotopic (exact) mass is 427 g/mol. The molecule has 1 N–H and O–H groups in total. The predicted molar refractivity (Wildman–Crippen MR) is 130 cm³/mol. The fourth-order valence-corrected chi connectivity index (χ4v) is 6.86. The normalized spacial score (nSPS) is 26.9. The maximum Gasteiger partial charge on any atom is 0.126 e. The second-order valence-corrected chi connectivity index (χ2v) is 10.1. The first-order valence-corrected chi connectivity index (χ1v) is 12.2. The van der Waals surface area contributed by atoms with E-state index in [-0.39, 0.29) is 0 Å². The molecular weight excluding hydrogens is 394 g/mol. The topological polar surface area (TPSA) is 37.4 Å². The van der Waals surface area contributed by atoms with Crippen LogP contribution in [-0.2, 0) is 18.4 Å². The maximum atomic E-state index is 5.26. The molecule has 6 rings (SSSR count). The van der Waals surface area contributed by atoms with Crippen LogP contribution < -0.4 is 10.1 Å². The van der Waals surface area contributed by atoms with E-state index in [2.05, 4.69) is 53.7 Å². The molecule has 4 nitrogen and oxygen atoms in total. The third-order valence-corrected chi connectivity index (χ3v) is 8.55. The van der Waals surface area contributed by atoms with Gasteiger partial charge in [0.05, 0.1) is 12.6 Å². The summed E-state index contributed by atoms with van der Waals surface area (Å²) in [5, 5.41) is 4.78. The van der Waals surface area contributed by atoms with Crippen LogP contribution in [0.4, 0.5) is 5.82 Å². The van der Waals surface area contributed by atoms with Gasteiger partial charge in [-0.2, -0.15) is 0 Å². The van der Waals surface area contributed by atoms with Gasteiger partial charge in [0.15, 0.2) is 0 Å². The van der Waals surface area contributed by atoms with E-state index in [9.17, 15) is 0 Å². The second-order valence-electron chi connectivity index (χ2n) is 10.1. The Hall–Kier alpha value is -2.59. The lowest BCUT2D eigenvalue weighted by molar-refractivity contribution is 0.00298. The molecule has 1 aliphatic heterocycles. The smallest absolute Gasteiger partial charge is 0.126 e. The van der Waals surface area contributed by atoms with Crippen molar-refractivity contribution in [1.82, 2.24) is 9.88 Å². The molecule has 1 aromatic heterocycles. The third-order valence-electron chi connectivity index (χ3n) is 8.55. The van der Waals surface area contributed by atoms with Crippen LogP contribution in [0.25, 0.3) is 10.9 Å². The van der Waals surface area contributed by atoms with Crippen molar-refractivity contribution in [2.45, 2.75) is 56.5 Å². The number of anilines is 1. The lowest BCUT2D eigenvalue weighted by Crippen LogP contribution is -2.59. The summed E-state index contributed by atoms with van der Waals surface area (Å²) in [5.74, 6) is 2.65. The molecule has 32 heavy (non-hydrogen) atoms. The number of hydrogen-bond donors (Lipinski definition) is 1. The number of nitrogens with one attached hydrogen (secondary N) is 1. The number of hydrogen-bond acceptors (Lipinski definition) is 4. The molecule has 2 aliphatic carbocycles. The minimum atomic E-state index is 0.380. The summed E-state index contributed by atoms with van der Waals surface area (Å²) >= 11 is 0. The lowest BCUT2D eigenvalue weighted by atomic mass is 9.52. The van der Waals surface area contributed by atoms with Gasteiger partial charge in [-0.05, 0) is 98.3 Å². The molecule has 166 valence electrons. The van der Waals surface area contributed by atoms with Gasteiger partial charge in [0.2, 0.25) is 0 Å². The average Bonchev–Trinajstić information content (AvgIpc) is 2.84. The zero-order chi connectivity index (χ0) is 21.7. The van der Waals surface area contributed by atoms with Crippen molar-refractivity contribution in [3.05, 3.63) is 65.2 Å². The summed E-state index contributed by atoms with van der Waals surface area (Å²) in [5.41, 5.74) is 5.94. The molecule has 3 aromatic rings. The fraction of sp³-hybridized carbons (Fsp3) is 0.464.